The highest BCUT2D eigenvalue weighted by Crippen LogP contribution is 2.32. The highest BCUT2D eigenvalue weighted by Gasteiger charge is 2.37. The van der Waals surface area contributed by atoms with Crippen LogP contribution in [0.3, 0.4) is 0 Å². The molecule has 0 heterocycles. The summed E-state index contributed by atoms with van der Waals surface area (Å²) >= 11 is 3.27. The second-order valence-corrected chi connectivity index (χ2v) is 7.46. The summed E-state index contributed by atoms with van der Waals surface area (Å²) in [4.78, 5) is -1.13. The average Bonchev–Trinajstić information content (AvgIpc) is 2.37. The molecule has 0 radical (unpaired) electrons. The zero-order valence-electron chi connectivity index (χ0n) is 11.1. The quantitative estimate of drug-likeness (QED) is 0.806. The van der Waals surface area contributed by atoms with Crippen LogP contribution in [0.1, 0.15) is 32.1 Å². The fourth-order valence-electron chi connectivity index (χ4n) is 2.61. The van der Waals surface area contributed by atoms with Gasteiger partial charge in [0.2, 0.25) is 10.0 Å². The Balaban J connectivity index is 2.38. The van der Waals surface area contributed by atoms with E-state index in [1.54, 1.807) is 0 Å². The van der Waals surface area contributed by atoms with Crippen molar-refractivity contribution < 1.29 is 21.6 Å². The summed E-state index contributed by atoms with van der Waals surface area (Å²) in [7, 11) is -4.41. The SMILES string of the molecule is O=S(=O)(NC1(CBr)CCCCC1)c1c(F)cc(F)cc1F. The maximum absolute atomic E-state index is 13.7. The number of halogens is 4. The van der Waals surface area contributed by atoms with E-state index < -0.39 is 37.9 Å². The third kappa shape index (κ3) is 3.60. The van der Waals surface area contributed by atoms with Gasteiger partial charge in [0.15, 0.2) is 4.90 Å². The van der Waals surface area contributed by atoms with E-state index in [0.29, 0.717) is 30.3 Å². The minimum Gasteiger partial charge on any atom is -0.207 e. The number of nitrogens with one attached hydrogen (secondary N) is 1. The van der Waals surface area contributed by atoms with Crippen molar-refractivity contribution in [3.05, 3.63) is 29.6 Å². The lowest BCUT2D eigenvalue weighted by Gasteiger charge is -2.36. The number of rotatable bonds is 4. The summed E-state index contributed by atoms with van der Waals surface area (Å²) in [6.45, 7) is 0. The molecule has 0 saturated heterocycles. The molecule has 0 amide bonds. The van der Waals surface area contributed by atoms with Gasteiger partial charge in [-0.1, -0.05) is 35.2 Å². The summed E-state index contributed by atoms with van der Waals surface area (Å²) in [5.74, 6) is -4.02. The van der Waals surface area contributed by atoms with Crippen molar-refractivity contribution in [2.75, 3.05) is 5.33 Å². The Labute approximate surface area is 130 Å². The lowest BCUT2D eigenvalue weighted by Crippen LogP contribution is -2.51. The van der Waals surface area contributed by atoms with Crippen molar-refractivity contribution >= 4 is 26.0 Å². The summed E-state index contributed by atoms with van der Waals surface area (Å²) < 4.78 is 67.2. The molecule has 1 aliphatic carbocycles. The number of benzene rings is 1. The normalized spacial score (nSPS) is 18.7. The number of alkyl halides is 1. The Bertz CT molecular complexity index is 607. The van der Waals surface area contributed by atoms with E-state index in [2.05, 4.69) is 20.7 Å². The lowest BCUT2D eigenvalue weighted by molar-refractivity contribution is 0.300. The molecule has 0 bridgehead atoms. The van der Waals surface area contributed by atoms with Crippen molar-refractivity contribution in [3.63, 3.8) is 0 Å². The van der Waals surface area contributed by atoms with Crippen molar-refractivity contribution in [3.8, 4) is 0 Å². The van der Waals surface area contributed by atoms with Gasteiger partial charge in [0.1, 0.15) is 17.5 Å². The predicted octanol–water partition coefficient (Wildman–Crippen LogP) is 3.48. The first-order valence-corrected chi connectivity index (χ1v) is 9.15. The maximum atomic E-state index is 13.7. The monoisotopic (exact) mass is 385 g/mol. The topological polar surface area (TPSA) is 46.2 Å². The Morgan fingerprint density at radius 2 is 1.62 bits per heavy atom. The molecule has 21 heavy (non-hydrogen) atoms. The molecule has 118 valence electrons. The van der Waals surface area contributed by atoms with Crippen LogP contribution in [0.15, 0.2) is 17.0 Å². The van der Waals surface area contributed by atoms with E-state index in [0.717, 1.165) is 19.3 Å². The Hall–Kier alpha value is -0.600. The first-order chi connectivity index (χ1) is 9.80. The van der Waals surface area contributed by atoms with Gasteiger partial charge >= 0.3 is 0 Å². The molecule has 0 unspecified atom stereocenters. The van der Waals surface area contributed by atoms with Crippen LogP contribution in [0.4, 0.5) is 13.2 Å². The predicted molar refractivity (Wildman–Crippen MR) is 76.2 cm³/mol. The fraction of sp³-hybridized carbons (Fsp3) is 0.538. The van der Waals surface area contributed by atoms with E-state index in [-0.39, 0.29) is 0 Å². The Morgan fingerprint density at radius 1 is 1.10 bits per heavy atom. The van der Waals surface area contributed by atoms with Gasteiger partial charge < -0.3 is 0 Å². The average molecular weight is 386 g/mol. The van der Waals surface area contributed by atoms with E-state index in [9.17, 15) is 21.6 Å². The van der Waals surface area contributed by atoms with E-state index in [1.807, 2.05) is 0 Å². The van der Waals surface area contributed by atoms with Crippen molar-refractivity contribution in [2.45, 2.75) is 42.5 Å². The minimum atomic E-state index is -4.41. The first-order valence-electron chi connectivity index (χ1n) is 6.54. The summed E-state index contributed by atoms with van der Waals surface area (Å²) in [5, 5.41) is 0.351. The van der Waals surface area contributed by atoms with Gasteiger partial charge in [0, 0.05) is 23.0 Å². The van der Waals surface area contributed by atoms with E-state index in [4.69, 9.17) is 0 Å². The molecule has 2 rings (SSSR count). The highest BCUT2D eigenvalue weighted by atomic mass is 79.9. The number of hydrogen-bond donors (Lipinski definition) is 1. The largest absolute Gasteiger partial charge is 0.246 e. The second kappa shape index (κ2) is 6.26. The zero-order valence-corrected chi connectivity index (χ0v) is 13.5. The molecule has 1 saturated carbocycles. The van der Waals surface area contributed by atoms with Gasteiger partial charge in [0.25, 0.3) is 0 Å². The third-order valence-corrected chi connectivity index (χ3v) is 6.35. The van der Waals surface area contributed by atoms with E-state index in [1.165, 1.54) is 0 Å². The van der Waals surface area contributed by atoms with Crippen LogP contribution in [0.2, 0.25) is 0 Å². The molecule has 1 N–H and O–H groups in total. The molecule has 0 atom stereocenters. The molecule has 1 aliphatic rings. The van der Waals surface area contributed by atoms with Gasteiger partial charge in [0.05, 0.1) is 0 Å². The summed E-state index contributed by atoms with van der Waals surface area (Å²) in [6, 6.07) is 0.721. The molecule has 1 aromatic rings. The molecule has 1 fully saturated rings. The molecule has 1 aromatic carbocycles. The Kier molecular flexibility index (Phi) is 4.99. The second-order valence-electron chi connectivity index (χ2n) is 5.28. The standard InChI is InChI=1S/C13H15BrF3NO2S/c14-8-13(4-2-1-3-5-13)18-21(19,20)12-10(16)6-9(15)7-11(12)17/h6-7,18H,1-5,8H2. The molecule has 0 aliphatic heterocycles. The van der Waals surface area contributed by atoms with Crippen molar-refractivity contribution in [1.29, 1.82) is 0 Å². The molecule has 0 aromatic heterocycles. The highest BCUT2D eigenvalue weighted by molar-refractivity contribution is 9.09. The van der Waals surface area contributed by atoms with Gasteiger partial charge in [-0.3, -0.25) is 0 Å². The van der Waals surface area contributed by atoms with Gasteiger partial charge in [-0.25, -0.2) is 26.3 Å². The smallest absolute Gasteiger partial charge is 0.207 e. The van der Waals surface area contributed by atoms with Crippen LogP contribution >= 0.6 is 15.9 Å². The molecule has 3 nitrogen and oxygen atoms in total. The van der Waals surface area contributed by atoms with Crippen LogP contribution in [0.25, 0.3) is 0 Å². The molecule has 8 heteroatoms. The van der Waals surface area contributed by atoms with Crippen LogP contribution in [-0.2, 0) is 10.0 Å². The van der Waals surface area contributed by atoms with Gasteiger partial charge in [-0.05, 0) is 12.8 Å². The van der Waals surface area contributed by atoms with Crippen LogP contribution in [-0.4, -0.2) is 19.3 Å². The summed E-state index contributed by atoms with van der Waals surface area (Å²) in [5.41, 5.74) is -0.760. The van der Waals surface area contributed by atoms with Crippen molar-refractivity contribution in [1.82, 2.24) is 4.72 Å². The fourth-order valence-corrected chi connectivity index (χ4v) is 5.08. The lowest BCUT2D eigenvalue weighted by atomic mass is 9.84. The van der Waals surface area contributed by atoms with E-state index >= 15 is 0 Å². The van der Waals surface area contributed by atoms with Crippen LogP contribution in [0, 0.1) is 17.5 Å². The Morgan fingerprint density at radius 3 is 2.10 bits per heavy atom. The minimum absolute atomic E-state index is 0.351. The maximum Gasteiger partial charge on any atom is 0.246 e. The van der Waals surface area contributed by atoms with Crippen LogP contribution in [0.5, 0.6) is 0 Å². The van der Waals surface area contributed by atoms with Crippen molar-refractivity contribution in [2.24, 2.45) is 0 Å². The third-order valence-electron chi connectivity index (χ3n) is 3.65. The number of sulfonamides is 1. The van der Waals surface area contributed by atoms with Crippen LogP contribution < -0.4 is 4.72 Å². The summed E-state index contributed by atoms with van der Waals surface area (Å²) in [6.07, 6.45) is 3.84. The molecule has 0 spiro atoms. The molecular weight excluding hydrogens is 371 g/mol. The zero-order chi connectivity index (χ0) is 15.7. The van der Waals surface area contributed by atoms with Gasteiger partial charge in [-0.15, -0.1) is 0 Å². The first kappa shape index (κ1) is 16.8. The molecular formula is C13H15BrF3NO2S. The number of hydrogen-bond acceptors (Lipinski definition) is 2. The van der Waals surface area contributed by atoms with Gasteiger partial charge in [-0.2, -0.15) is 0 Å².